The molecule has 156 valence electrons. The van der Waals surface area contributed by atoms with Gasteiger partial charge in [-0.05, 0) is 19.1 Å². The number of hydrogen-bond acceptors (Lipinski definition) is 6. The lowest BCUT2D eigenvalue weighted by Crippen LogP contribution is -2.42. The highest BCUT2D eigenvalue weighted by Gasteiger charge is 2.22. The number of ether oxygens (including phenoxy) is 2. The van der Waals surface area contributed by atoms with Crippen LogP contribution in [0.25, 0.3) is 22.6 Å². The van der Waals surface area contributed by atoms with Gasteiger partial charge in [0.15, 0.2) is 11.2 Å². The van der Waals surface area contributed by atoms with E-state index in [0.29, 0.717) is 23.0 Å². The summed E-state index contributed by atoms with van der Waals surface area (Å²) in [5.41, 5.74) is 5.72. The molecule has 0 bridgehead atoms. The SMILES string of the molecule is COc1ccc(-n2c(C)cn3c4c(=O)n(CC(N)=O)c(=O)n(C)c4nc23)c(OC)c1. The van der Waals surface area contributed by atoms with Crippen LogP contribution >= 0.6 is 0 Å². The molecule has 0 radical (unpaired) electrons. The van der Waals surface area contributed by atoms with E-state index >= 15 is 0 Å². The lowest BCUT2D eigenvalue weighted by molar-refractivity contribution is -0.118. The summed E-state index contributed by atoms with van der Waals surface area (Å²) in [4.78, 5) is 41.5. The number of carbonyl (C=O) groups is 1. The van der Waals surface area contributed by atoms with E-state index in [1.165, 1.54) is 11.6 Å². The first-order valence-electron chi connectivity index (χ1n) is 8.99. The number of hydrogen-bond donors (Lipinski definition) is 1. The molecule has 4 aromatic rings. The molecule has 0 aliphatic rings. The van der Waals surface area contributed by atoms with Crippen LogP contribution in [-0.2, 0) is 18.4 Å². The number of nitrogens with two attached hydrogens (primary N) is 1. The van der Waals surface area contributed by atoms with E-state index in [-0.39, 0.29) is 11.2 Å². The second kappa shape index (κ2) is 6.79. The Labute approximate surface area is 169 Å². The molecular formula is C19H20N6O5. The normalized spacial score (nSPS) is 11.3. The number of primary amides is 1. The topological polar surface area (TPSA) is 128 Å². The summed E-state index contributed by atoms with van der Waals surface area (Å²) in [6.45, 7) is 1.34. The van der Waals surface area contributed by atoms with E-state index in [1.807, 2.05) is 13.0 Å². The van der Waals surface area contributed by atoms with Crippen molar-refractivity contribution in [3.8, 4) is 17.2 Å². The quantitative estimate of drug-likeness (QED) is 0.490. The van der Waals surface area contributed by atoms with Gasteiger partial charge in [0.05, 0.1) is 19.9 Å². The summed E-state index contributed by atoms with van der Waals surface area (Å²) < 4.78 is 16.2. The summed E-state index contributed by atoms with van der Waals surface area (Å²) in [6.07, 6.45) is 1.73. The fourth-order valence-electron chi connectivity index (χ4n) is 3.57. The van der Waals surface area contributed by atoms with Gasteiger partial charge >= 0.3 is 5.69 Å². The van der Waals surface area contributed by atoms with Gasteiger partial charge in [-0.25, -0.2) is 9.36 Å². The van der Waals surface area contributed by atoms with Gasteiger partial charge in [0.1, 0.15) is 18.0 Å². The van der Waals surface area contributed by atoms with E-state index in [9.17, 15) is 14.4 Å². The highest BCUT2D eigenvalue weighted by Crippen LogP contribution is 2.31. The Balaban J connectivity index is 2.10. The van der Waals surface area contributed by atoms with Crippen molar-refractivity contribution in [2.24, 2.45) is 12.8 Å². The maximum Gasteiger partial charge on any atom is 0.332 e. The first-order chi connectivity index (χ1) is 14.3. The Morgan fingerprint density at radius 2 is 1.93 bits per heavy atom. The largest absolute Gasteiger partial charge is 0.497 e. The second-order valence-electron chi connectivity index (χ2n) is 6.80. The van der Waals surface area contributed by atoms with E-state index < -0.39 is 23.7 Å². The number of imidazole rings is 2. The Morgan fingerprint density at radius 3 is 2.57 bits per heavy atom. The smallest absolute Gasteiger partial charge is 0.332 e. The molecule has 11 heteroatoms. The zero-order valence-electron chi connectivity index (χ0n) is 16.9. The van der Waals surface area contributed by atoms with Crippen LogP contribution in [-0.4, -0.2) is 43.2 Å². The van der Waals surface area contributed by atoms with Crippen molar-refractivity contribution in [3.05, 3.63) is 50.9 Å². The molecule has 1 aromatic carbocycles. The van der Waals surface area contributed by atoms with Crippen molar-refractivity contribution in [3.63, 3.8) is 0 Å². The number of aryl methyl sites for hydroxylation is 2. The second-order valence-corrected chi connectivity index (χ2v) is 6.80. The van der Waals surface area contributed by atoms with Crippen LogP contribution in [0.5, 0.6) is 11.5 Å². The first kappa shape index (κ1) is 19.3. The predicted molar refractivity (Wildman–Crippen MR) is 109 cm³/mol. The third-order valence-corrected chi connectivity index (χ3v) is 4.97. The van der Waals surface area contributed by atoms with Crippen LogP contribution in [0.1, 0.15) is 5.69 Å². The van der Waals surface area contributed by atoms with E-state index in [4.69, 9.17) is 15.2 Å². The van der Waals surface area contributed by atoms with E-state index in [1.54, 1.807) is 41.5 Å². The lowest BCUT2D eigenvalue weighted by Gasteiger charge is -2.12. The third-order valence-electron chi connectivity index (χ3n) is 4.97. The average molecular weight is 412 g/mol. The molecule has 3 heterocycles. The maximum absolute atomic E-state index is 13.0. The monoisotopic (exact) mass is 412 g/mol. The highest BCUT2D eigenvalue weighted by molar-refractivity contribution is 5.78. The molecule has 0 unspecified atom stereocenters. The molecule has 0 saturated heterocycles. The van der Waals surface area contributed by atoms with Gasteiger partial charge in [-0.3, -0.25) is 23.1 Å². The number of rotatable bonds is 5. The van der Waals surface area contributed by atoms with Crippen LogP contribution in [0.15, 0.2) is 34.0 Å². The average Bonchev–Trinajstić information content (AvgIpc) is 3.23. The number of benzene rings is 1. The van der Waals surface area contributed by atoms with E-state index in [0.717, 1.165) is 10.3 Å². The number of aromatic nitrogens is 5. The Hall–Kier alpha value is -4.02. The Bertz CT molecular complexity index is 1440. The molecule has 0 fully saturated rings. The Morgan fingerprint density at radius 1 is 1.20 bits per heavy atom. The van der Waals surface area contributed by atoms with Gasteiger partial charge in [0.2, 0.25) is 11.7 Å². The number of carbonyl (C=O) groups excluding carboxylic acids is 1. The zero-order chi connectivity index (χ0) is 21.7. The molecule has 0 saturated carbocycles. The summed E-state index contributed by atoms with van der Waals surface area (Å²) >= 11 is 0. The van der Waals surface area contributed by atoms with Crippen LogP contribution in [0.3, 0.4) is 0 Å². The fourth-order valence-corrected chi connectivity index (χ4v) is 3.57. The summed E-state index contributed by atoms with van der Waals surface area (Å²) in [7, 11) is 4.59. The summed E-state index contributed by atoms with van der Waals surface area (Å²) in [5, 5.41) is 0. The molecule has 0 aliphatic carbocycles. The first-order valence-corrected chi connectivity index (χ1v) is 8.99. The van der Waals surface area contributed by atoms with Gasteiger partial charge in [-0.2, -0.15) is 4.98 Å². The van der Waals surface area contributed by atoms with Crippen LogP contribution in [0.4, 0.5) is 0 Å². The lowest BCUT2D eigenvalue weighted by atomic mass is 10.2. The molecular weight excluding hydrogens is 392 g/mol. The van der Waals surface area contributed by atoms with Gasteiger partial charge in [-0.15, -0.1) is 0 Å². The van der Waals surface area contributed by atoms with Crippen molar-refractivity contribution in [2.45, 2.75) is 13.5 Å². The van der Waals surface area contributed by atoms with Gasteiger partial charge in [0, 0.05) is 25.0 Å². The number of amides is 1. The zero-order valence-corrected chi connectivity index (χ0v) is 16.9. The number of methoxy groups -OCH3 is 2. The molecule has 30 heavy (non-hydrogen) atoms. The molecule has 0 spiro atoms. The summed E-state index contributed by atoms with van der Waals surface area (Å²) in [6, 6.07) is 5.34. The van der Waals surface area contributed by atoms with Crippen LogP contribution in [0, 0.1) is 6.92 Å². The van der Waals surface area contributed by atoms with E-state index in [2.05, 4.69) is 4.98 Å². The molecule has 2 N–H and O–H groups in total. The molecule has 3 aromatic heterocycles. The minimum atomic E-state index is -0.786. The van der Waals surface area contributed by atoms with Crippen LogP contribution in [0.2, 0.25) is 0 Å². The third kappa shape index (κ3) is 2.66. The van der Waals surface area contributed by atoms with Crippen molar-refractivity contribution in [1.29, 1.82) is 0 Å². The fraction of sp³-hybridized carbons (Fsp3) is 0.263. The highest BCUT2D eigenvalue weighted by atomic mass is 16.5. The van der Waals surface area contributed by atoms with Crippen LogP contribution < -0.4 is 26.5 Å². The maximum atomic E-state index is 13.0. The molecule has 0 aliphatic heterocycles. The summed E-state index contributed by atoms with van der Waals surface area (Å²) in [5.74, 6) is 0.797. The molecule has 4 rings (SSSR count). The van der Waals surface area contributed by atoms with Gasteiger partial charge in [0.25, 0.3) is 5.56 Å². The van der Waals surface area contributed by atoms with Gasteiger partial charge < -0.3 is 15.2 Å². The minimum absolute atomic E-state index is 0.169. The predicted octanol–water partition coefficient (Wildman–Crippen LogP) is -0.0505. The number of fused-ring (bicyclic) bond motifs is 3. The van der Waals surface area contributed by atoms with Crippen molar-refractivity contribution in [1.82, 2.24) is 23.1 Å². The standard InChI is InChI=1S/C19H20N6O5/c1-10-8-23-15-16(22(2)19(28)24(17(15)27)9-14(20)26)21-18(23)25(10)12-6-5-11(29-3)7-13(12)30-4/h5-8H,9H2,1-4H3,(H2,20,26). The Kier molecular flexibility index (Phi) is 4.37. The van der Waals surface area contributed by atoms with Crippen molar-refractivity contribution >= 4 is 22.8 Å². The number of nitrogens with zero attached hydrogens (tertiary/aromatic N) is 5. The van der Waals surface area contributed by atoms with Gasteiger partial charge in [-0.1, -0.05) is 0 Å². The molecule has 0 atom stereocenters. The minimum Gasteiger partial charge on any atom is -0.497 e. The molecule has 11 nitrogen and oxygen atoms in total. The van der Waals surface area contributed by atoms with Crippen molar-refractivity contribution < 1.29 is 14.3 Å². The molecule has 1 amide bonds. The van der Waals surface area contributed by atoms with Crippen molar-refractivity contribution in [2.75, 3.05) is 14.2 Å².